The molecule has 0 saturated heterocycles. The van der Waals surface area contributed by atoms with Gasteiger partial charge in [-0.2, -0.15) is 0 Å². The van der Waals surface area contributed by atoms with Crippen molar-refractivity contribution in [1.29, 1.82) is 0 Å². The third kappa shape index (κ3) is 1.00. The predicted molar refractivity (Wildman–Crippen MR) is 48.4 cm³/mol. The van der Waals surface area contributed by atoms with Crippen LogP contribution in [0.3, 0.4) is 0 Å². The highest BCUT2D eigenvalue weighted by Gasteiger charge is 2.11. The van der Waals surface area contributed by atoms with Crippen LogP contribution in [0.5, 0.6) is 0 Å². The van der Waals surface area contributed by atoms with Gasteiger partial charge in [0.2, 0.25) is 11.1 Å². The molecule has 2 aromatic rings. The Morgan fingerprint density at radius 3 is 3.15 bits per heavy atom. The number of aryl methyl sites for hydroxylation is 1. The third-order valence-corrected chi connectivity index (χ3v) is 1.95. The summed E-state index contributed by atoms with van der Waals surface area (Å²) in [6.45, 7) is 1.90. The Bertz CT molecular complexity index is 498. The number of aromatic nitrogens is 2. The van der Waals surface area contributed by atoms with Crippen LogP contribution < -0.4 is 11.2 Å². The third-order valence-electron chi connectivity index (χ3n) is 1.95. The number of hydrogen-bond donors (Lipinski definition) is 2. The molecule has 0 spiro atoms. The number of nitrogens with two attached hydrogens (primary N) is 1. The zero-order valence-electron chi connectivity index (χ0n) is 7.13. The van der Waals surface area contributed by atoms with E-state index in [-0.39, 0.29) is 11.1 Å². The molecule has 0 aromatic carbocycles. The molecule has 3 N–H and O–H groups in total. The average Bonchev–Trinajstić information content (AvgIpc) is 2.55. The standard InChI is InChI=1S/C8H9N3O2/c1-2-5-6-7(12)4(9)3-10-8(6)13-11-5/h3H,2,9H2,1H3,(H,10,12). The van der Waals surface area contributed by atoms with Crippen LogP contribution in [0.4, 0.5) is 5.69 Å². The van der Waals surface area contributed by atoms with E-state index in [1.165, 1.54) is 6.20 Å². The molecule has 5 heteroatoms. The van der Waals surface area contributed by atoms with Crippen LogP contribution >= 0.6 is 0 Å². The minimum absolute atomic E-state index is 0.186. The van der Waals surface area contributed by atoms with Gasteiger partial charge >= 0.3 is 0 Å². The molecule has 0 unspecified atom stereocenters. The number of nitrogens with zero attached hydrogens (tertiary/aromatic N) is 1. The van der Waals surface area contributed by atoms with E-state index in [9.17, 15) is 4.79 Å². The van der Waals surface area contributed by atoms with Crippen LogP contribution in [0.1, 0.15) is 12.6 Å². The SMILES string of the molecule is CCc1noc2[nH]cc(N)c(=O)c12. The second-order valence-corrected chi connectivity index (χ2v) is 2.76. The minimum Gasteiger partial charge on any atom is -0.394 e. The molecule has 0 aliphatic heterocycles. The van der Waals surface area contributed by atoms with E-state index in [0.717, 1.165) is 0 Å². The highest BCUT2D eigenvalue weighted by atomic mass is 16.5. The lowest BCUT2D eigenvalue weighted by Gasteiger charge is -1.91. The van der Waals surface area contributed by atoms with E-state index in [2.05, 4.69) is 10.1 Å². The smallest absolute Gasteiger partial charge is 0.240 e. The molecule has 0 aliphatic rings. The Morgan fingerprint density at radius 1 is 1.69 bits per heavy atom. The van der Waals surface area contributed by atoms with Crippen molar-refractivity contribution in [2.45, 2.75) is 13.3 Å². The van der Waals surface area contributed by atoms with Gasteiger partial charge in [-0.25, -0.2) is 0 Å². The highest BCUT2D eigenvalue weighted by Crippen LogP contribution is 2.13. The van der Waals surface area contributed by atoms with Crippen molar-refractivity contribution in [3.05, 3.63) is 22.1 Å². The lowest BCUT2D eigenvalue weighted by atomic mass is 10.2. The van der Waals surface area contributed by atoms with E-state index in [1.807, 2.05) is 6.92 Å². The van der Waals surface area contributed by atoms with Gasteiger partial charge in [-0.15, -0.1) is 0 Å². The fraction of sp³-hybridized carbons (Fsp3) is 0.250. The first-order chi connectivity index (χ1) is 6.24. The maximum Gasteiger partial charge on any atom is 0.240 e. The fourth-order valence-corrected chi connectivity index (χ4v) is 1.25. The van der Waals surface area contributed by atoms with Crippen molar-refractivity contribution in [3.63, 3.8) is 0 Å². The van der Waals surface area contributed by atoms with Crippen LogP contribution in [-0.2, 0) is 6.42 Å². The predicted octanol–water partition coefficient (Wildman–Crippen LogP) is 0.661. The first-order valence-corrected chi connectivity index (χ1v) is 3.99. The van der Waals surface area contributed by atoms with Crippen molar-refractivity contribution in [3.8, 4) is 0 Å². The van der Waals surface area contributed by atoms with Crippen LogP contribution in [-0.4, -0.2) is 10.1 Å². The average molecular weight is 179 g/mol. The van der Waals surface area contributed by atoms with E-state index in [1.54, 1.807) is 0 Å². The summed E-state index contributed by atoms with van der Waals surface area (Å²) in [5.41, 5.74) is 6.45. The molecule has 5 nitrogen and oxygen atoms in total. The molecule has 2 aromatic heterocycles. The quantitative estimate of drug-likeness (QED) is 0.673. The molecular weight excluding hydrogens is 170 g/mol. The Hall–Kier alpha value is -1.78. The van der Waals surface area contributed by atoms with Crippen molar-refractivity contribution in [2.75, 3.05) is 5.73 Å². The fourth-order valence-electron chi connectivity index (χ4n) is 1.25. The van der Waals surface area contributed by atoms with Crippen LogP contribution in [0.2, 0.25) is 0 Å². The zero-order chi connectivity index (χ0) is 9.42. The Morgan fingerprint density at radius 2 is 2.46 bits per heavy atom. The zero-order valence-corrected chi connectivity index (χ0v) is 7.13. The normalized spacial score (nSPS) is 10.8. The maximum atomic E-state index is 11.5. The van der Waals surface area contributed by atoms with Crippen LogP contribution in [0.25, 0.3) is 11.1 Å². The molecule has 0 radical (unpaired) electrons. The molecule has 2 rings (SSSR count). The van der Waals surface area contributed by atoms with Gasteiger partial charge < -0.3 is 15.2 Å². The van der Waals surface area contributed by atoms with Gasteiger partial charge in [-0.05, 0) is 6.42 Å². The number of hydrogen-bond acceptors (Lipinski definition) is 4. The summed E-state index contributed by atoms with van der Waals surface area (Å²) < 4.78 is 4.91. The first-order valence-electron chi connectivity index (χ1n) is 3.99. The van der Waals surface area contributed by atoms with Gasteiger partial charge in [0.05, 0.1) is 11.4 Å². The van der Waals surface area contributed by atoms with Gasteiger partial charge in [-0.1, -0.05) is 12.1 Å². The van der Waals surface area contributed by atoms with Crippen molar-refractivity contribution in [1.82, 2.24) is 10.1 Å². The Balaban J connectivity index is 2.94. The summed E-state index contributed by atoms with van der Waals surface area (Å²) in [5, 5.41) is 4.21. The summed E-state index contributed by atoms with van der Waals surface area (Å²) >= 11 is 0. The summed E-state index contributed by atoms with van der Waals surface area (Å²) in [6.07, 6.45) is 2.06. The summed E-state index contributed by atoms with van der Waals surface area (Å²) in [5.74, 6) is 0. The molecule has 0 bridgehead atoms. The maximum absolute atomic E-state index is 11.5. The number of nitrogens with one attached hydrogen (secondary N) is 1. The van der Waals surface area contributed by atoms with Gasteiger partial charge in [0.1, 0.15) is 5.39 Å². The molecule has 0 aliphatic carbocycles. The molecular formula is C8H9N3O2. The number of aromatic amines is 1. The molecule has 0 saturated carbocycles. The topological polar surface area (TPSA) is 84.9 Å². The van der Waals surface area contributed by atoms with Gasteiger partial charge in [0.15, 0.2) is 0 Å². The minimum atomic E-state index is -0.216. The lowest BCUT2D eigenvalue weighted by molar-refractivity contribution is 0.440. The van der Waals surface area contributed by atoms with Crippen LogP contribution in [0, 0.1) is 0 Å². The van der Waals surface area contributed by atoms with Crippen molar-refractivity contribution >= 4 is 16.8 Å². The number of H-pyrrole nitrogens is 1. The highest BCUT2D eigenvalue weighted by molar-refractivity contribution is 5.78. The molecule has 13 heavy (non-hydrogen) atoms. The molecule has 68 valence electrons. The largest absolute Gasteiger partial charge is 0.394 e. The van der Waals surface area contributed by atoms with E-state index < -0.39 is 0 Å². The summed E-state index contributed by atoms with van der Waals surface area (Å²) in [4.78, 5) is 14.3. The van der Waals surface area contributed by atoms with Crippen molar-refractivity contribution in [2.24, 2.45) is 0 Å². The second kappa shape index (κ2) is 2.62. The summed E-state index contributed by atoms with van der Waals surface area (Å²) in [7, 11) is 0. The van der Waals surface area contributed by atoms with Gasteiger partial charge in [-0.3, -0.25) is 4.79 Å². The number of fused-ring (bicyclic) bond motifs is 1. The number of nitrogen functional groups attached to an aromatic ring is 1. The Kier molecular flexibility index (Phi) is 1.58. The number of pyridine rings is 1. The van der Waals surface area contributed by atoms with Gasteiger partial charge in [0.25, 0.3) is 0 Å². The van der Waals surface area contributed by atoms with E-state index in [0.29, 0.717) is 23.2 Å². The Labute approximate surface area is 73.5 Å². The molecule has 2 heterocycles. The second-order valence-electron chi connectivity index (χ2n) is 2.76. The molecule has 0 atom stereocenters. The van der Waals surface area contributed by atoms with Crippen LogP contribution in [0.15, 0.2) is 15.5 Å². The molecule has 0 fully saturated rings. The van der Waals surface area contributed by atoms with E-state index in [4.69, 9.17) is 10.3 Å². The summed E-state index contributed by atoms with van der Waals surface area (Å²) in [6, 6.07) is 0. The first kappa shape index (κ1) is 7.85. The number of anilines is 1. The lowest BCUT2D eigenvalue weighted by Crippen LogP contribution is -2.09. The van der Waals surface area contributed by atoms with Gasteiger partial charge in [0, 0.05) is 6.20 Å². The molecule has 0 amide bonds. The number of rotatable bonds is 1. The monoisotopic (exact) mass is 179 g/mol. The van der Waals surface area contributed by atoms with Crippen molar-refractivity contribution < 1.29 is 4.52 Å². The van der Waals surface area contributed by atoms with E-state index >= 15 is 0 Å².